The summed E-state index contributed by atoms with van der Waals surface area (Å²) in [5, 5.41) is 0. The van der Waals surface area contributed by atoms with Crippen LogP contribution in [-0.4, -0.2) is 6.61 Å². The van der Waals surface area contributed by atoms with Gasteiger partial charge in [0.2, 0.25) is 0 Å². The van der Waals surface area contributed by atoms with E-state index in [1.54, 1.807) is 0 Å². The summed E-state index contributed by atoms with van der Waals surface area (Å²) in [6.45, 7) is 2.76. The lowest BCUT2D eigenvalue weighted by Gasteiger charge is -2.05. The molecule has 0 spiro atoms. The first-order chi connectivity index (χ1) is 12.9. The van der Waals surface area contributed by atoms with Gasteiger partial charge in [0.15, 0.2) is 0 Å². The average molecular weight is 344 g/mol. The SMILES string of the molecule is CCCCCC/C=C/C#Cc1ccccc1OC/C=C/c1ccccc1. The third-order valence-corrected chi connectivity index (χ3v) is 3.96. The Balaban J connectivity index is 1.83. The second-order valence-electron chi connectivity index (χ2n) is 6.14. The lowest BCUT2D eigenvalue weighted by atomic mass is 10.1. The Kier molecular flexibility index (Phi) is 9.51. The van der Waals surface area contributed by atoms with E-state index in [1.165, 1.54) is 31.2 Å². The molecule has 0 aromatic heterocycles. The van der Waals surface area contributed by atoms with Gasteiger partial charge in [-0.25, -0.2) is 0 Å². The molecule has 134 valence electrons. The zero-order valence-electron chi connectivity index (χ0n) is 15.7. The minimum Gasteiger partial charge on any atom is -0.488 e. The molecule has 0 saturated heterocycles. The molecular formula is C25H28O. The molecule has 0 saturated carbocycles. The summed E-state index contributed by atoms with van der Waals surface area (Å²) in [7, 11) is 0. The molecule has 0 radical (unpaired) electrons. The van der Waals surface area contributed by atoms with Crippen molar-refractivity contribution in [2.24, 2.45) is 0 Å². The maximum atomic E-state index is 5.87. The van der Waals surface area contributed by atoms with Crippen LogP contribution < -0.4 is 4.74 Å². The molecule has 0 amide bonds. The number of para-hydroxylation sites is 1. The van der Waals surface area contributed by atoms with Crippen molar-refractivity contribution in [3.8, 4) is 17.6 Å². The van der Waals surface area contributed by atoms with Crippen LogP contribution in [0.2, 0.25) is 0 Å². The van der Waals surface area contributed by atoms with Crippen LogP contribution in [0.4, 0.5) is 0 Å². The molecule has 2 aromatic carbocycles. The van der Waals surface area contributed by atoms with Crippen LogP contribution in [0.3, 0.4) is 0 Å². The van der Waals surface area contributed by atoms with Gasteiger partial charge in [-0.15, -0.1) is 0 Å². The van der Waals surface area contributed by atoms with Crippen molar-refractivity contribution in [1.82, 2.24) is 0 Å². The second-order valence-corrected chi connectivity index (χ2v) is 6.14. The molecule has 1 nitrogen and oxygen atoms in total. The Bertz CT molecular complexity index is 744. The van der Waals surface area contributed by atoms with E-state index >= 15 is 0 Å². The van der Waals surface area contributed by atoms with Gasteiger partial charge in [0.25, 0.3) is 0 Å². The standard InChI is InChI=1S/C25H28O/c1-2-3-4-5-6-7-8-12-19-24-20-13-14-21-25(24)26-22-15-18-23-16-10-9-11-17-23/h7-11,13-18,20-21H,2-6,22H2,1H3/b8-7+,18-15+. The third kappa shape index (κ3) is 7.90. The topological polar surface area (TPSA) is 9.23 Å². The second kappa shape index (κ2) is 12.6. The number of rotatable bonds is 9. The maximum absolute atomic E-state index is 5.87. The van der Waals surface area contributed by atoms with Gasteiger partial charge in [0.05, 0.1) is 5.56 Å². The maximum Gasteiger partial charge on any atom is 0.135 e. The first-order valence-corrected chi connectivity index (χ1v) is 9.50. The van der Waals surface area contributed by atoms with E-state index < -0.39 is 0 Å². The smallest absolute Gasteiger partial charge is 0.135 e. The predicted molar refractivity (Wildman–Crippen MR) is 112 cm³/mol. The molecule has 1 heteroatoms. The summed E-state index contributed by atoms with van der Waals surface area (Å²) in [5.41, 5.74) is 2.10. The largest absolute Gasteiger partial charge is 0.488 e. The van der Waals surface area contributed by atoms with Gasteiger partial charge < -0.3 is 4.74 Å². The molecule has 0 N–H and O–H groups in total. The van der Waals surface area contributed by atoms with E-state index in [0.29, 0.717) is 6.61 Å². The minimum atomic E-state index is 0.529. The fourth-order valence-electron chi connectivity index (χ4n) is 2.53. The van der Waals surface area contributed by atoms with Gasteiger partial charge in [-0.2, -0.15) is 0 Å². The Morgan fingerprint density at radius 2 is 1.69 bits per heavy atom. The summed E-state index contributed by atoms with van der Waals surface area (Å²) < 4.78 is 5.87. The Morgan fingerprint density at radius 3 is 2.54 bits per heavy atom. The summed E-state index contributed by atoms with van der Waals surface area (Å²) in [6, 6.07) is 18.2. The number of unbranched alkanes of at least 4 members (excludes halogenated alkanes) is 4. The van der Waals surface area contributed by atoms with E-state index in [2.05, 4.69) is 43.0 Å². The minimum absolute atomic E-state index is 0.529. The highest BCUT2D eigenvalue weighted by Gasteiger charge is 1.98. The quantitative estimate of drug-likeness (QED) is 0.365. The summed E-state index contributed by atoms with van der Waals surface area (Å²) in [5.74, 6) is 7.14. The van der Waals surface area contributed by atoms with Gasteiger partial charge in [-0.05, 0) is 42.7 Å². The van der Waals surface area contributed by atoms with Crippen LogP contribution >= 0.6 is 0 Å². The van der Waals surface area contributed by atoms with Gasteiger partial charge in [-0.1, -0.05) is 92.6 Å². The van der Waals surface area contributed by atoms with Gasteiger partial charge in [0.1, 0.15) is 12.4 Å². The van der Waals surface area contributed by atoms with Crippen molar-refractivity contribution < 1.29 is 4.74 Å². The molecule has 0 aliphatic rings. The van der Waals surface area contributed by atoms with Gasteiger partial charge in [0, 0.05) is 0 Å². The van der Waals surface area contributed by atoms with Crippen LogP contribution in [0.15, 0.2) is 72.8 Å². The molecule has 26 heavy (non-hydrogen) atoms. The monoisotopic (exact) mass is 344 g/mol. The Morgan fingerprint density at radius 1 is 0.885 bits per heavy atom. The van der Waals surface area contributed by atoms with Crippen LogP contribution in [0.5, 0.6) is 5.75 Å². The zero-order valence-corrected chi connectivity index (χ0v) is 15.7. The molecule has 0 atom stereocenters. The molecule has 0 aliphatic carbocycles. The highest BCUT2D eigenvalue weighted by atomic mass is 16.5. The van der Waals surface area contributed by atoms with Crippen LogP contribution in [0, 0.1) is 11.8 Å². The summed E-state index contributed by atoms with van der Waals surface area (Å²) >= 11 is 0. The molecule has 0 heterocycles. The van der Waals surface area contributed by atoms with Crippen molar-refractivity contribution in [2.75, 3.05) is 6.61 Å². The predicted octanol–water partition coefficient (Wildman–Crippen LogP) is 6.66. The van der Waals surface area contributed by atoms with E-state index in [-0.39, 0.29) is 0 Å². The number of ether oxygens (including phenoxy) is 1. The summed E-state index contributed by atoms with van der Waals surface area (Å²) in [4.78, 5) is 0. The number of benzene rings is 2. The van der Waals surface area contributed by atoms with Crippen molar-refractivity contribution in [3.63, 3.8) is 0 Å². The lowest BCUT2D eigenvalue weighted by molar-refractivity contribution is 0.362. The molecule has 2 aromatic rings. The Labute approximate surface area is 158 Å². The molecule has 0 unspecified atom stereocenters. The number of allylic oxidation sites excluding steroid dienone is 2. The average Bonchev–Trinajstić information content (AvgIpc) is 2.69. The Hall–Kier alpha value is -2.72. The first kappa shape index (κ1) is 19.6. The number of hydrogen-bond donors (Lipinski definition) is 0. The van der Waals surface area contributed by atoms with Crippen molar-refractivity contribution in [1.29, 1.82) is 0 Å². The van der Waals surface area contributed by atoms with Gasteiger partial charge in [-0.3, -0.25) is 0 Å². The highest BCUT2D eigenvalue weighted by Crippen LogP contribution is 2.16. The van der Waals surface area contributed by atoms with Gasteiger partial charge >= 0.3 is 0 Å². The fraction of sp³-hybridized carbons (Fsp3) is 0.280. The molecule has 0 fully saturated rings. The molecule has 0 bridgehead atoms. The normalized spacial score (nSPS) is 10.8. The van der Waals surface area contributed by atoms with Crippen LogP contribution in [0.25, 0.3) is 6.08 Å². The summed E-state index contributed by atoms with van der Waals surface area (Å²) in [6.07, 6.45) is 14.5. The molecule has 2 rings (SSSR count). The van der Waals surface area contributed by atoms with Crippen molar-refractivity contribution in [3.05, 3.63) is 84.0 Å². The molecular weight excluding hydrogens is 316 g/mol. The molecule has 0 aliphatic heterocycles. The van der Waals surface area contributed by atoms with Crippen LogP contribution in [0.1, 0.15) is 50.2 Å². The lowest BCUT2D eigenvalue weighted by Crippen LogP contribution is -1.95. The van der Waals surface area contributed by atoms with Crippen LogP contribution in [-0.2, 0) is 0 Å². The van der Waals surface area contributed by atoms with E-state index in [4.69, 9.17) is 4.74 Å². The third-order valence-electron chi connectivity index (χ3n) is 3.96. The first-order valence-electron chi connectivity index (χ1n) is 9.50. The van der Waals surface area contributed by atoms with E-state index in [0.717, 1.165) is 17.7 Å². The fourth-order valence-corrected chi connectivity index (χ4v) is 2.53. The number of hydrogen-bond acceptors (Lipinski definition) is 1. The zero-order chi connectivity index (χ0) is 18.3. The highest BCUT2D eigenvalue weighted by molar-refractivity contribution is 5.49. The van der Waals surface area contributed by atoms with Crippen molar-refractivity contribution >= 4 is 6.08 Å². The van der Waals surface area contributed by atoms with Crippen molar-refractivity contribution in [2.45, 2.75) is 39.0 Å². The van der Waals surface area contributed by atoms with E-state index in [1.807, 2.05) is 54.6 Å². The van der Waals surface area contributed by atoms with E-state index in [9.17, 15) is 0 Å².